The van der Waals surface area contributed by atoms with Gasteiger partial charge in [-0.05, 0) is 37.1 Å². The lowest BCUT2D eigenvalue weighted by atomic mass is 10.0. The first-order valence-electron chi connectivity index (χ1n) is 12.2. The van der Waals surface area contributed by atoms with Gasteiger partial charge in [-0.15, -0.1) is 0 Å². The average molecular weight is 519 g/mol. The van der Waals surface area contributed by atoms with Crippen LogP contribution in [0.5, 0.6) is 11.5 Å². The van der Waals surface area contributed by atoms with E-state index in [4.69, 9.17) is 46.9 Å². The van der Waals surface area contributed by atoms with Crippen molar-refractivity contribution < 1.29 is 23.7 Å². The van der Waals surface area contributed by atoms with Crippen LogP contribution in [0.3, 0.4) is 0 Å². The molecule has 2 bridgehead atoms. The van der Waals surface area contributed by atoms with Gasteiger partial charge in [0.2, 0.25) is 12.6 Å². The molecule has 0 aliphatic carbocycles. The van der Waals surface area contributed by atoms with Crippen molar-refractivity contribution in [3.63, 3.8) is 0 Å². The molecule has 0 saturated heterocycles. The number of hydrogen-bond donors (Lipinski definition) is 0. The summed E-state index contributed by atoms with van der Waals surface area (Å²) >= 11 is 12.9. The van der Waals surface area contributed by atoms with Gasteiger partial charge in [-0.3, -0.25) is 4.74 Å². The van der Waals surface area contributed by atoms with E-state index in [1.807, 2.05) is 48.6 Å². The number of hydrogen-bond acceptors (Lipinski definition) is 5. The van der Waals surface area contributed by atoms with Crippen molar-refractivity contribution in [2.75, 3.05) is 26.4 Å². The number of benzene rings is 2. The first-order chi connectivity index (χ1) is 17.1. The highest BCUT2D eigenvalue weighted by atomic mass is 35.5. The van der Waals surface area contributed by atoms with Crippen LogP contribution >= 0.6 is 23.2 Å². The highest BCUT2D eigenvalue weighted by Crippen LogP contribution is 2.51. The number of rotatable bonds is 12. The minimum Gasteiger partial charge on any atom is -0.459 e. The molecule has 2 unspecified atom stereocenters. The van der Waals surface area contributed by atoms with Crippen molar-refractivity contribution in [1.29, 1.82) is 0 Å². The summed E-state index contributed by atoms with van der Waals surface area (Å²) in [6, 6.07) is 7.39. The zero-order valence-corrected chi connectivity index (χ0v) is 21.7. The van der Waals surface area contributed by atoms with Gasteiger partial charge in [-0.1, -0.05) is 74.2 Å². The van der Waals surface area contributed by atoms with Gasteiger partial charge < -0.3 is 18.9 Å². The fraction of sp³-hybridized carbons (Fsp3) is 0.429. The molecule has 0 radical (unpaired) electrons. The van der Waals surface area contributed by atoms with Gasteiger partial charge in [0.15, 0.2) is 0 Å². The van der Waals surface area contributed by atoms with E-state index in [1.54, 1.807) is 0 Å². The van der Waals surface area contributed by atoms with E-state index in [2.05, 4.69) is 13.8 Å². The summed E-state index contributed by atoms with van der Waals surface area (Å²) in [5.74, 6) is 1.37. The molecule has 0 saturated carbocycles. The molecule has 5 nitrogen and oxygen atoms in total. The summed E-state index contributed by atoms with van der Waals surface area (Å²) in [6.45, 7) is 6.83. The van der Waals surface area contributed by atoms with Crippen LogP contribution in [-0.2, 0) is 14.2 Å². The number of halogens is 2. The lowest BCUT2D eigenvalue weighted by Crippen LogP contribution is -2.31. The third-order valence-electron chi connectivity index (χ3n) is 5.73. The van der Waals surface area contributed by atoms with Crippen LogP contribution in [0.2, 0.25) is 10.0 Å². The maximum Gasteiger partial charge on any atom is 0.234 e. The summed E-state index contributed by atoms with van der Waals surface area (Å²) in [5, 5.41) is 1.16. The molecule has 2 aromatic rings. The van der Waals surface area contributed by atoms with Gasteiger partial charge in [0.25, 0.3) is 0 Å². The van der Waals surface area contributed by atoms with Crippen molar-refractivity contribution in [2.24, 2.45) is 0 Å². The Morgan fingerprint density at radius 1 is 0.743 bits per heavy atom. The number of unbranched alkanes of at least 4 members (excludes halogenated alkanes) is 2. The molecule has 0 aromatic heterocycles. The van der Waals surface area contributed by atoms with Crippen molar-refractivity contribution in [2.45, 2.75) is 52.1 Å². The number of ether oxygens (including phenoxy) is 5. The number of fused-ring (bicyclic) bond motifs is 6. The Kier molecular flexibility index (Phi) is 9.52. The maximum atomic E-state index is 6.44. The Morgan fingerprint density at radius 2 is 1.20 bits per heavy atom. The molecule has 0 spiro atoms. The predicted octanol–water partition coefficient (Wildman–Crippen LogP) is 8.15. The van der Waals surface area contributed by atoms with Crippen molar-refractivity contribution in [3.8, 4) is 11.5 Å². The molecule has 35 heavy (non-hydrogen) atoms. The van der Waals surface area contributed by atoms with Gasteiger partial charge in [-0.25, -0.2) is 0 Å². The van der Waals surface area contributed by atoms with Crippen LogP contribution in [0.25, 0.3) is 12.2 Å². The standard InChI is InChI=1S/C28H32Cl2O5/c1-3-5-11-31-13-7-9-19-15-21(29)17-23-25(19)33-28-24-18-22(30)16-20(26(24)34-27(23)35-28)10-8-14-32-12-6-4-2/h7-10,15-18,27-28H,3-6,11-14H2,1-2H3. The van der Waals surface area contributed by atoms with Crippen molar-refractivity contribution in [1.82, 2.24) is 0 Å². The van der Waals surface area contributed by atoms with Crippen LogP contribution in [0.15, 0.2) is 36.4 Å². The maximum absolute atomic E-state index is 6.44. The first kappa shape index (κ1) is 26.1. The summed E-state index contributed by atoms with van der Waals surface area (Å²) < 4.78 is 30.0. The van der Waals surface area contributed by atoms with Crippen LogP contribution < -0.4 is 9.47 Å². The van der Waals surface area contributed by atoms with E-state index in [1.165, 1.54) is 0 Å². The van der Waals surface area contributed by atoms with Crippen molar-refractivity contribution >= 4 is 35.4 Å². The van der Waals surface area contributed by atoms with E-state index in [0.29, 0.717) is 34.8 Å². The molecular formula is C28H32Cl2O5. The van der Waals surface area contributed by atoms with Gasteiger partial charge in [0.1, 0.15) is 11.5 Å². The average Bonchev–Trinajstić information content (AvgIpc) is 2.84. The SMILES string of the molecule is CCCCOCC=Cc1cc(Cl)cc2c1OC1OC2Oc2c(C=CCOCCCC)cc(Cl)cc21. The zero-order chi connectivity index (χ0) is 24.6. The molecule has 2 heterocycles. The molecule has 188 valence electrons. The Hall–Kier alpha value is -2.02. The second-order valence-corrected chi connectivity index (χ2v) is 9.40. The Labute approximate surface area is 217 Å². The smallest absolute Gasteiger partial charge is 0.234 e. The lowest BCUT2D eigenvalue weighted by molar-refractivity contribution is -0.227. The summed E-state index contributed by atoms with van der Waals surface area (Å²) in [6.07, 6.45) is 10.9. The Bertz CT molecular complexity index is 982. The van der Waals surface area contributed by atoms with Crippen molar-refractivity contribution in [3.05, 3.63) is 68.7 Å². The Morgan fingerprint density at radius 3 is 1.63 bits per heavy atom. The summed E-state index contributed by atoms with van der Waals surface area (Å²) in [5.41, 5.74) is 3.20. The highest BCUT2D eigenvalue weighted by molar-refractivity contribution is 6.31. The molecular weight excluding hydrogens is 487 g/mol. The van der Waals surface area contributed by atoms with E-state index >= 15 is 0 Å². The molecule has 2 aliphatic heterocycles. The topological polar surface area (TPSA) is 46.2 Å². The van der Waals surface area contributed by atoms with E-state index < -0.39 is 12.6 Å². The lowest BCUT2D eigenvalue weighted by Gasteiger charge is -2.39. The van der Waals surface area contributed by atoms with Crippen LogP contribution in [0, 0.1) is 0 Å². The summed E-state index contributed by atoms with van der Waals surface area (Å²) in [4.78, 5) is 0. The second-order valence-electron chi connectivity index (χ2n) is 8.52. The Balaban J connectivity index is 1.55. The minimum atomic E-state index is -0.642. The minimum absolute atomic E-state index is 0.525. The van der Waals surface area contributed by atoms with E-state index in [9.17, 15) is 0 Å². The molecule has 0 N–H and O–H groups in total. The molecule has 2 aromatic carbocycles. The predicted molar refractivity (Wildman–Crippen MR) is 140 cm³/mol. The third-order valence-corrected chi connectivity index (χ3v) is 6.17. The van der Waals surface area contributed by atoms with Crippen LogP contribution in [-0.4, -0.2) is 26.4 Å². The largest absolute Gasteiger partial charge is 0.459 e. The fourth-order valence-corrected chi connectivity index (χ4v) is 4.41. The molecule has 2 aliphatic rings. The van der Waals surface area contributed by atoms with Crippen LogP contribution in [0.1, 0.15) is 74.4 Å². The van der Waals surface area contributed by atoms with Gasteiger partial charge in [0, 0.05) is 34.4 Å². The molecule has 7 heteroatoms. The monoisotopic (exact) mass is 518 g/mol. The van der Waals surface area contributed by atoms with Gasteiger partial charge >= 0.3 is 0 Å². The van der Waals surface area contributed by atoms with E-state index in [0.717, 1.165) is 61.2 Å². The van der Waals surface area contributed by atoms with Gasteiger partial charge in [0.05, 0.1) is 24.3 Å². The molecule has 0 fully saturated rings. The fourth-order valence-electron chi connectivity index (χ4n) is 3.94. The highest BCUT2D eigenvalue weighted by Gasteiger charge is 2.40. The van der Waals surface area contributed by atoms with Gasteiger partial charge in [-0.2, -0.15) is 0 Å². The molecule has 4 rings (SSSR count). The zero-order valence-electron chi connectivity index (χ0n) is 20.2. The quantitative estimate of drug-likeness (QED) is 0.265. The first-order valence-corrected chi connectivity index (χ1v) is 13.0. The normalized spacial score (nSPS) is 18.4. The summed E-state index contributed by atoms with van der Waals surface area (Å²) in [7, 11) is 0. The second kappa shape index (κ2) is 12.8. The molecule has 2 atom stereocenters. The molecule has 0 amide bonds. The van der Waals surface area contributed by atoms with E-state index in [-0.39, 0.29) is 0 Å². The third kappa shape index (κ3) is 6.60. The van der Waals surface area contributed by atoms with Crippen LogP contribution in [0.4, 0.5) is 0 Å².